The van der Waals surface area contributed by atoms with Crippen LogP contribution in [0.15, 0.2) is 10.5 Å². The van der Waals surface area contributed by atoms with E-state index in [0.29, 0.717) is 39.0 Å². The number of rotatable bonds is 4. The lowest BCUT2D eigenvalue weighted by Gasteiger charge is -1.91. The first-order valence-corrected chi connectivity index (χ1v) is 6.25. The zero-order chi connectivity index (χ0) is 11.5. The van der Waals surface area contributed by atoms with E-state index in [1.807, 2.05) is 0 Å². The van der Waals surface area contributed by atoms with Crippen LogP contribution in [0, 0.1) is 0 Å². The predicted octanol–water partition coefficient (Wildman–Crippen LogP) is 3.00. The summed E-state index contributed by atoms with van der Waals surface area (Å²) in [5.41, 5.74) is 6.08. The summed E-state index contributed by atoms with van der Waals surface area (Å²) >= 11 is 13.1. The first kappa shape index (κ1) is 11.9. The molecule has 0 atom stereocenters. The van der Waals surface area contributed by atoms with E-state index in [4.69, 9.17) is 33.4 Å². The number of aromatic nitrogens is 2. The van der Waals surface area contributed by atoms with Crippen LogP contribution >= 0.6 is 34.5 Å². The van der Waals surface area contributed by atoms with Gasteiger partial charge in [0, 0.05) is 6.42 Å². The third-order valence-electron chi connectivity index (χ3n) is 1.95. The number of nitrogens with two attached hydrogens (primary N) is 1. The summed E-state index contributed by atoms with van der Waals surface area (Å²) in [4.78, 5) is 0. The molecule has 0 spiro atoms. The second-order valence-corrected chi connectivity index (χ2v) is 5.42. The highest BCUT2D eigenvalue weighted by Gasteiger charge is 2.14. The van der Waals surface area contributed by atoms with Gasteiger partial charge in [-0.15, -0.1) is 21.5 Å². The van der Waals surface area contributed by atoms with E-state index >= 15 is 0 Å². The van der Waals surface area contributed by atoms with Crippen molar-refractivity contribution in [2.24, 2.45) is 5.73 Å². The Labute approximate surface area is 106 Å². The number of nitrogens with zero attached hydrogens (tertiary/aromatic N) is 2. The van der Waals surface area contributed by atoms with Gasteiger partial charge in [-0.25, -0.2) is 0 Å². The van der Waals surface area contributed by atoms with Crippen LogP contribution in [0.2, 0.25) is 8.67 Å². The Morgan fingerprint density at radius 3 is 2.81 bits per heavy atom. The van der Waals surface area contributed by atoms with Crippen LogP contribution in [0.5, 0.6) is 0 Å². The van der Waals surface area contributed by atoms with E-state index in [-0.39, 0.29) is 0 Å². The summed E-state index contributed by atoms with van der Waals surface area (Å²) < 4.78 is 6.61. The quantitative estimate of drug-likeness (QED) is 0.933. The molecule has 7 heteroatoms. The molecule has 0 saturated carbocycles. The molecule has 2 N–H and O–H groups in total. The lowest BCUT2D eigenvalue weighted by Crippen LogP contribution is -2.00. The van der Waals surface area contributed by atoms with Gasteiger partial charge in [0.15, 0.2) is 0 Å². The topological polar surface area (TPSA) is 64.9 Å². The Morgan fingerprint density at radius 2 is 2.19 bits per heavy atom. The molecular formula is C9H9Cl2N3OS. The molecule has 4 nitrogen and oxygen atoms in total. The van der Waals surface area contributed by atoms with E-state index < -0.39 is 0 Å². The van der Waals surface area contributed by atoms with E-state index in [2.05, 4.69) is 10.2 Å². The standard InChI is InChI=1S/C9H9Cl2N3OS/c10-6-4-5(8(11)16-6)9-14-13-7(15-9)2-1-3-12/h4H,1-3,12H2. The van der Waals surface area contributed by atoms with Crippen LogP contribution < -0.4 is 5.73 Å². The molecule has 0 aliphatic carbocycles. The van der Waals surface area contributed by atoms with Gasteiger partial charge in [-0.2, -0.15) is 0 Å². The molecule has 2 aromatic heterocycles. The fourth-order valence-corrected chi connectivity index (χ4v) is 2.65. The Bertz CT molecular complexity index is 483. The van der Waals surface area contributed by atoms with Crippen molar-refractivity contribution in [2.75, 3.05) is 6.54 Å². The van der Waals surface area contributed by atoms with Gasteiger partial charge < -0.3 is 10.2 Å². The van der Waals surface area contributed by atoms with Crippen molar-refractivity contribution in [3.63, 3.8) is 0 Å². The molecule has 86 valence electrons. The second-order valence-electron chi connectivity index (χ2n) is 3.13. The minimum absolute atomic E-state index is 0.403. The van der Waals surface area contributed by atoms with Gasteiger partial charge in [0.25, 0.3) is 0 Å². The highest BCUT2D eigenvalue weighted by molar-refractivity contribution is 7.20. The molecule has 2 heterocycles. The lowest BCUT2D eigenvalue weighted by molar-refractivity contribution is 0.499. The molecule has 0 radical (unpaired) electrons. The number of aryl methyl sites for hydroxylation is 1. The Morgan fingerprint density at radius 1 is 1.38 bits per heavy atom. The predicted molar refractivity (Wildman–Crippen MR) is 65.0 cm³/mol. The third kappa shape index (κ3) is 2.55. The van der Waals surface area contributed by atoms with E-state index in [0.717, 1.165) is 6.42 Å². The van der Waals surface area contributed by atoms with Crippen molar-refractivity contribution in [1.82, 2.24) is 10.2 Å². The lowest BCUT2D eigenvalue weighted by atomic mass is 10.3. The Balaban J connectivity index is 2.21. The van der Waals surface area contributed by atoms with Crippen molar-refractivity contribution < 1.29 is 4.42 Å². The number of hydrogen-bond donors (Lipinski definition) is 1. The van der Waals surface area contributed by atoms with E-state index in [9.17, 15) is 0 Å². The van der Waals surface area contributed by atoms with Gasteiger partial charge in [0.05, 0.1) is 9.90 Å². The summed E-state index contributed by atoms with van der Waals surface area (Å²) in [6, 6.07) is 1.72. The van der Waals surface area contributed by atoms with Gasteiger partial charge in [-0.05, 0) is 19.0 Å². The number of thiophene rings is 1. The Kier molecular flexibility index (Phi) is 3.81. The maximum atomic E-state index is 5.98. The molecule has 0 aromatic carbocycles. The van der Waals surface area contributed by atoms with Gasteiger partial charge in [0.2, 0.25) is 11.8 Å². The van der Waals surface area contributed by atoms with Gasteiger partial charge in [-0.3, -0.25) is 0 Å². The zero-order valence-corrected chi connectivity index (χ0v) is 10.6. The minimum atomic E-state index is 0.403. The summed E-state index contributed by atoms with van der Waals surface area (Å²) in [5, 5.41) is 7.83. The first-order chi connectivity index (χ1) is 7.70. The minimum Gasteiger partial charge on any atom is -0.421 e. The average molecular weight is 278 g/mol. The van der Waals surface area contributed by atoms with Gasteiger partial charge in [0.1, 0.15) is 4.34 Å². The third-order valence-corrected chi connectivity index (χ3v) is 3.44. The molecule has 0 fully saturated rings. The van der Waals surface area contributed by atoms with Crippen molar-refractivity contribution in [1.29, 1.82) is 0 Å². The zero-order valence-electron chi connectivity index (χ0n) is 8.24. The SMILES string of the molecule is NCCCc1nnc(-c2cc(Cl)sc2Cl)o1. The summed E-state index contributed by atoms with van der Waals surface area (Å²) in [5.74, 6) is 0.971. The largest absolute Gasteiger partial charge is 0.421 e. The molecule has 0 saturated heterocycles. The summed E-state index contributed by atoms with van der Waals surface area (Å²) in [6.45, 7) is 0.600. The average Bonchev–Trinajstić information content (AvgIpc) is 2.82. The molecule has 2 aromatic rings. The van der Waals surface area contributed by atoms with E-state index in [1.54, 1.807) is 6.07 Å². The molecule has 2 rings (SSSR count). The van der Waals surface area contributed by atoms with Crippen LogP contribution in [0.1, 0.15) is 12.3 Å². The molecule has 0 amide bonds. The summed E-state index contributed by atoms with van der Waals surface area (Å²) in [6.07, 6.45) is 1.50. The summed E-state index contributed by atoms with van der Waals surface area (Å²) in [7, 11) is 0. The molecule has 0 unspecified atom stereocenters. The molecule has 16 heavy (non-hydrogen) atoms. The smallest absolute Gasteiger partial charge is 0.250 e. The van der Waals surface area contributed by atoms with Crippen LogP contribution in [-0.4, -0.2) is 16.7 Å². The fourth-order valence-electron chi connectivity index (χ4n) is 1.20. The molecular weight excluding hydrogens is 269 g/mol. The van der Waals surface area contributed by atoms with Crippen molar-refractivity contribution in [3.8, 4) is 11.5 Å². The second kappa shape index (κ2) is 5.14. The number of halogens is 2. The molecule has 0 bridgehead atoms. The Hall–Kier alpha value is -0.620. The van der Waals surface area contributed by atoms with E-state index in [1.165, 1.54) is 11.3 Å². The van der Waals surface area contributed by atoms with Crippen LogP contribution in [0.4, 0.5) is 0 Å². The maximum absolute atomic E-state index is 5.98. The fraction of sp³-hybridized carbons (Fsp3) is 0.333. The van der Waals surface area contributed by atoms with Crippen LogP contribution in [-0.2, 0) is 6.42 Å². The van der Waals surface area contributed by atoms with Crippen LogP contribution in [0.3, 0.4) is 0 Å². The van der Waals surface area contributed by atoms with Gasteiger partial charge >= 0.3 is 0 Å². The maximum Gasteiger partial charge on any atom is 0.250 e. The van der Waals surface area contributed by atoms with Crippen molar-refractivity contribution >= 4 is 34.5 Å². The monoisotopic (exact) mass is 277 g/mol. The first-order valence-electron chi connectivity index (χ1n) is 4.68. The van der Waals surface area contributed by atoms with Crippen molar-refractivity contribution in [2.45, 2.75) is 12.8 Å². The van der Waals surface area contributed by atoms with Gasteiger partial charge in [-0.1, -0.05) is 23.2 Å². The highest BCUT2D eigenvalue weighted by atomic mass is 35.5. The van der Waals surface area contributed by atoms with Crippen LogP contribution in [0.25, 0.3) is 11.5 Å². The number of hydrogen-bond acceptors (Lipinski definition) is 5. The van der Waals surface area contributed by atoms with Crippen molar-refractivity contribution in [3.05, 3.63) is 20.6 Å². The molecule has 0 aliphatic heterocycles. The molecule has 0 aliphatic rings. The normalized spacial score (nSPS) is 10.9. The highest BCUT2D eigenvalue weighted by Crippen LogP contribution is 2.37.